The van der Waals surface area contributed by atoms with E-state index >= 15 is 0 Å². The van der Waals surface area contributed by atoms with Gasteiger partial charge in [0.05, 0.1) is 0 Å². The number of nitrogens with two attached hydrogens (primary N) is 1. The molecule has 7 heteroatoms. The molecule has 0 aliphatic heterocycles. The Morgan fingerprint density at radius 2 is 1.94 bits per heavy atom. The van der Waals surface area contributed by atoms with Crippen LogP contribution in [0.25, 0.3) is 0 Å². The Morgan fingerprint density at radius 1 is 1.31 bits per heavy atom. The lowest BCUT2D eigenvalue weighted by Gasteiger charge is -2.12. The second-order valence-corrected chi connectivity index (χ2v) is 3.23. The molecule has 0 radical (unpaired) electrons. The first-order chi connectivity index (χ1) is 7.49. The third-order valence-corrected chi connectivity index (χ3v) is 1.85. The van der Waals surface area contributed by atoms with E-state index in [4.69, 9.17) is 5.73 Å². The SMILES string of the molecule is NC(CCOCC(F)(F)F)c1cncnc1. The van der Waals surface area contributed by atoms with Gasteiger partial charge in [0.2, 0.25) is 0 Å². The smallest absolute Gasteiger partial charge is 0.372 e. The Balaban J connectivity index is 2.24. The molecule has 1 heterocycles. The normalized spacial score (nSPS) is 13.8. The summed E-state index contributed by atoms with van der Waals surface area (Å²) in [4.78, 5) is 7.52. The van der Waals surface area contributed by atoms with Crippen molar-refractivity contribution in [1.29, 1.82) is 0 Å². The van der Waals surface area contributed by atoms with E-state index in [0.717, 1.165) is 0 Å². The monoisotopic (exact) mass is 235 g/mol. The summed E-state index contributed by atoms with van der Waals surface area (Å²) in [5.74, 6) is 0. The Bertz CT molecular complexity index is 305. The standard InChI is InChI=1S/C9H12F3N3O/c10-9(11,12)5-16-2-1-8(13)7-3-14-6-15-4-7/h3-4,6,8H,1-2,5,13H2. The number of hydrogen-bond acceptors (Lipinski definition) is 4. The Morgan fingerprint density at radius 3 is 2.50 bits per heavy atom. The van der Waals surface area contributed by atoms with Gasteiger partial charge in [0, 0.05) is 30.6 Å². The van der Waals surface area contributed by atoms with Crippen molar-refractivity contribution in [2.24, 2.45) is 5.73 Å². The molecule has 1 rings (SSSR count). The van der Waals surface area contributed by atoms with Crippen molar-refractivity contribution in [1.82, 2.24) is 9.97 Å². The highest BCUT2D eigenvalue weighted by Gasteiger charge is 2.27. The molecule has 0 fully saturated rings. The molecule has 90 valence electrons. The second-order valence-electron chi connectivity index (χ2n) is 3.23. The number of rotatable bonds is 5. The first-order valence-electron chi connectivity index (χ1n) is 4.64. The molecular formula is C9H12F3N3O. The van der Waals surface area contributed by atoms with Crippen LogP contribution in [0.2, 0.25) is 0 Å². The highest BCUT2D eigenvalue weighted by Crippen LogP contribution is 2.16. The summed E-state index contributed by atoms with van der Waals surface area (Å²) < 4.78 is 39.6. The van der Waals surface area contributed by atoms with Crippen LogP contribution in [-0.2, 0) is 4.74 Å². The largest absolute Gasteiger partial charge is 0.411 e. The van der Waals surface area contributed by atoms with Crippen LogP contribution < -0.4 is 5.73 Å². The van der Waals surface area contributed by atoms with Gasteiger partial charge < -0.3 is 10.5 Å². The molecule has 16 heavy (non-hydrogen) atoms. The van der Waals surface area contributed by atoms with Gasteiger partial charge in [-0.05, 0) is 6.42 Å². The van der Waals surface area contributed by atoms with Crippen molar-refractivity contribution in [3.05, 3.63) is 24.3 Å². The second kappa shape index (κ2) is 5.76. The molecule has 0 aromatic carbocycles. The topological polar surface area (TPSA) is 61.0 Å². The maximum Gasteiger partial charge on any atom is 0.411 e. The van der Waals surface area contributed by atoms with Crippen LogP contribution in [0.1, 0.15) is 18.0 Å². The molecule has 1 aromatic heterocycles. The molecule has 1 atom stereocenters. The van der Waals surface area contributed by atoms with Crippen molar-refractivity contribution >= 4 is 0 Å². The number of alkyl halides is 3. The molecule has 0 saturated carbocycles. The minimum absolute atomic E-state index is 0.0461. The predicted octanol–water partition coefficient (Wildman–Crippen LogP) is 1.45. The average molecular weight is 235 g/mol. The van der Waals surface area contributed by atoms with E-state index in [9.17, 15) is 13.2 Å². The Labute approximate surface area is 90.6 Å². The molecule has 0 aliphatic rings. The zero-order valence-electron chi connectivity index (χ0n) is 8.44. The molecule has 2 N–H and O–H groups in total. The fraction of sp³-hybridized carbons (Fsp3) is 0.556. The van der Waals surface area contributed by atoms with Crippen molar-refractivity contribution in [2.45, 2.75) is 18.6 Å². The highest BCUT2D eigenvalue weighted by atomic mass is 19.4. The third-order valence-electron chi connectivity index (χ3n) is 1.85. The molecule has 4 nitrogen and oxygen atoms in total. The summed E-state index contributed by atoms with van der Waals surface area (Å²) >= 11 is 0. The number of halogens is 3. The van der Waals surface area contributed by atoms with Crippen LogP contribution in [0, 0.1) is 0 Å². The van der Waals surface area contributed by atoms with Gasteiger partial charge in [-0.25, -0.2) is 9.97 Å². The lowest BCUT2D eigenvalue weighted by atomic mass is 10.1. The van der Waals surface area contributed by atoms with Crippen LogP contribution in [0.3, 0.4) is 0 Å². The average Bonchev–Trinajstić information content (AvgIpc) is 2.24. The zero-order chi connectivity index (χ0) is 12.0. The van der Waals surface area contributed by atoms with E-state index in [1.807, 2.05) is 0 Å². The van der Waals surface area contributed by atoms with Crippen LogP contribution in [0.4, 0.5) is 13.2 Å². The first kappa shape index (κ1) is 12.9. The number of hydrogen-bond donors (Lipinski definition) is 1. The molecular weight excluding hydrogens is 223 g/mol. The molecule has 1 aromatic rings. The number of aromatic nitrogens is 2. The van der Waals surface area contributed by atoms with Crippen molar-refractivity contribution in [2.75, 3.05) is 13.2 Å². The predicted molar refractivity (Wildman–Crippen MR) is 50.5 cm³/mol. The van der Waals surface area contributed by atoms with E-state index in [1.165, 1.54) is 18.7 Å². The van der Waals surface area contributed by atoms with Crippen molar-refractivity contribution in [3.63, 3.8) is 0 Å². The summed E-state index contributed by atoms with van der Waals surface area (Å²) in [7, 11) is 0. The number of nitrogens with zero attached hydrogens (tertiary/aromatic N) is 2. The van der Waals surface area contributed by atoms with Gasteiger partial charge in [0.25, 0.3) is 0 Å². The van der Waals surface area contributed by atoms with Crippen LogP contribution in [0.5, 0.6) is 0 Å². The Kier molecular flexibility index (Phi) is 4.63. The van der Waals surface area contributed by atoms with E-state index in [1.54, 1.807) is 0 Å². The Hall–Kier alpha value is -1.21. The van der Waals surface area contributed by atoms with Gasteiger partial charge in [0.1, 0.15) is 12.9 Å². The van der Waals surface area contributed by atoms with E-state index < -0.39 is 18.8 Å². The lowest BCUT2D eigenvalue weighted by Crippen LogP contribution is -2.19. The lowest BCUT2D eigenvalue weighted by molar-refractivity contribution is -0.174. The fourth-order valence-corrected chi connectivity index (χ4v) is 1.07. The highest BCUT2D eigenvalue weighted by molar-refractivity contribution is 5.07. The van der Waals surface area contributed by atoms with Crippen LogP contribution in [-0.4, -0.2) is 29.4 Å². The molecule has 0 amide bonds. The van der Waals surface area contributed by atoms with Gasteiger partial charge >= 0.3 is 6.18 Å². The zero-order valence-corrected chi connectivity index (χ0v) is 8.44. The van der Waals surface area contributed by atoms with Gasteiger partial charge in [-0.15, -0.1) is 0 Å². The van der Waals surface area contributed by atoms with Crippen molar-refractivity contribution in [3.8, 4) is 0 Å². The number of ether oxygens (including phenoxy) is 1. The molecule has 0 aliphatic carbocycles. The summed E-state index contributed by atoms with van der Waals surface area (Å²) in [6, 6.07) is -0.408. The van der Waals surface area contributed by atoms with Crippen LogP contribution in [0.15, 0.2) is 18.7 Å². The molecule has 0 spiro atoms. The van der Waals surface area contributed by atoms with Gasteiger partial charge in [-0.3, -0.25) is 0 Å². The minimum Gasteiger partial charge on any atom is -0.372 e. The molecule has 0 saturated heterocycles. The summed E-state index contributed by atoms with van der Waals surface area (Å²) in [5.41, 5.74) is 6.38. The van der Waals surface area contributed by atoms with Gasteiger partial charge in [-0.2, -0.15) is 13.2 Å². The van der Waals surface area contributed by atoms with Crippen LogP contribution >= 0.6 is 0 Å². The molecule has 0 bridgehead atoms. The summed E-state index contributed by atoms with van der Waals surface area (Å²) in [5, 5.41) is 0. The van der Waals surface area contributed by atoms with E-state index in [-0.39, 0.29) is 6.61 Å². The van der Waals surface area contributed by atoms with Crippen molar-refractivity contribution < 1.29 is 17.9 Å². The molecule has 1 unspecified atom stereocenters. The van der Waals surface area contributed by atoms with Gasteiger partial charge in [-0.1, -0.05) is 0 Å². The minimum atomic E-state index is -4.29. The van der Waals surface area contributed by atoms with E-state index in [0.29, 0.717) is 12.0 Å². The maximum atomic E-state index is 11.7. The van der Waals surface area contributed by atoms with Gasteiger partial charge in [0.15, 0.2) is 0 Å². The quantitative estimate of drug-likeness (QED) is 0.784. The van der Waals surface area contributed by atoms with E-state index in [2.05, 4.69) is 14.7 Å². The summed E-state index contributed by atoms with van der Waals surface area (Å²) in [6.07, 6.45) is 0.419. The maximum absolute atomic E-state index is 11.7. The fourth-order valence-electron chi connectivity index (χ4n) is 1.07. The third kappa shape index (κ3) is 5.04. The first-order valence-corrected chi connectivity index (χ1v) is 4.64. The summed E-state index contributed by atoms with van der Waals surface area (Å²) in [6.45, 7) is -1.29.